The largest absolute Gasteiger partial charge is 0.309 e. The number of aromatic nitrogens is 2. The second-order valence-corrected chi connectivity index (χ2v) is 14.9. The van der Waals surface area contributed by atoms with Gasteiger partial charge in [-0.05, 0) is 121 Å². The lowest BCUT2D eigenvalue weighted by Gasteiger charge is -2.13. The van der Waals surface area contributed by atoms with Gasteiger partial charge in [-0.2, -0.15) is 0 Å². The number of fused-ring (bicyclic) bond motifs is 12. The molecule has 2 heteroatoms. The zero-order chi connectivity index (χ0) is 36.7. The van der Waals surface area contributed by atoms with Crippen molar-refractivity contribution < 1.29 is 0 Å². The maximum absolute atomic E-state index is 2.43. The smallest absolute Gasteiger partial charge is 0.0541 e. The third-order valence-corrected chi connectivity index (χ3v) is 11.9. The normalized spacial score (nSPS) is 11.9. The van der Waals surface area contributed by atoms with Gasteiger partial charge < -0.3 is 9.13 Å². The van der Waals surface area contributed by atoms with E-state index in [9.17, 15) is 0 Å². The van der Waals surface area contributed by atoms with Gasteiger partial charge in [-0.25, -0.2) is 0 Å². The minimum atomic E-state index is 1.15. The Morgan fingerprint density at radius 2 is 0.571 bits per heavy atom. The molecule has 10 aromatic carbocycles. The zero-order valence-electron chi connectivity index (χ0n) is 30.5. The monoisotopic (exact) mass is 710 g/mol. The molecule has 2 nitrogen and oxygen atoms in total. The van der Waals surface area contributed by atoms with Crippen LogP contribution in [0.5, 0.6) is 0 Å². The van der Waals surface area contributed by atoms with Gasteiger partial charge in [0.15, 0.2) is 0 Å². The van der Waals surface area contributed by atoms with Gasteiger partial charge >= 0.3 is 0 Å². The third kappa shape index (κ3) is 4.57. The molecule has 12 aromatic rings. The first-order chi connectivity index (χ1) is 27.8. The maximum atomic E-state index is 2.43. The van der Waals surface area contributed by atoms with Crippen molar-refractivity contribution in [3.8, 4) is 33.6 Å². The van der Waals surface area contributed by atoms with Crippen molar-refractivity contribution in [2.45, 2.75) is 0 Å². The Labute approximate surface area is 323 Å². The quantitative estimate of drug-likeness (QED) is 0.161. The Hall–Kier alpha value is -7.42. The van der Waals surface area contributed by atoms with Crippen molar-refractivity contribution in [2.24, 2.45) is 0 Å². The summed E-state index contributed by atoms with van der Waals surface area (Å²) >= 11 is 0. The molecule has 2 aromatic heterocycles. The highest BCUT2D eigenvalue weighted by molar-refractivity contribution is 6.25. The van der Waals surface area contributed by atoms with Crippen LogP contribution in [0.25, 0.3) is 110 Å². The summed E-state index contributed by atoms with van der Waals surface area (Å²) in [5.74, 6) is 0. The second-order valence-electron chi connectivity index (χ2n) is 14.9. The summed E-state index contributed by atoms with van der Waals surface area (Å²) < 4.78 is 4.81. The number of hydrogen-bond donors (Lipinski definition) is 0. The molecule has 0 aliphatic heterocycles. The van der Waals surface area contributed by atoms with Gasteiger partial charge in [0.05, 0.1) is 22.1 Å². The van der Waals surface area contributed by atoms with Crippen molar-refractivity contribution in [2.75, 3.05) is 0 Å². The first kappa shape index (κ1) is 31.0. The molecule has 260 valence electrons. The highest BCUT2D eigenvalue weighted by atomic mass is 15.0. The molecule has 0 saturated heterocycles. The topological polar surface area (TPSA) is 9.86 Å². The number of para-hydroxylation sites is 3. The van der Waals surface area contributed by atoms with Crippen LogP contribution in [0.3, 0.4) is 0 Å². The van der Waals surface area contributed by atoms with Gasteiger partial charge in [-0.3, -0.25) is 0 Å². The fraction of sp³-hybridized carbons (Fsp3) is 0. The Kier molecular flexibility index (Phi) is 6.66. The van der Waals surface area contributed by atoms with Crippen LogP contribution in [0, 0.1) is 0 Å². The van der Waals surface area contributed by atoms with Gasteiger partial charge in [-0.15, -0.1) is 0 Å². The standard InChI is InChI=1S/C54H34N2/c1-2-14-39(15-3-1)55-51-23-10-8-21-46(51)49-33-37(26-29-53(49)55)38-27-30-54-50(34-38)47-22-9-11-24-52(47)56(54)40-16-12-13-35(31-40)36-25-28-45-43-19-5-4-17-41(43)42-18-6-7-20-44(42)48(45)32-36/h1-34H. The number of benzene rings is 10. The molecule has 0 aliphatic carbocycles. The van der Waals surface area contributed by atoms with Crippen molar-refractivity contribution >= 4 is 75.9 Å². The lowest BCUT2D eigenvalue weighted by atomic mass is 9.92. The van der Waals surface area contributed by atoms with E-state index in [1.165, 1.54) is 104 Å². The minimum absolute atomic E-state index is 1.15. The average Bonchev–Trinajstić information content (AvgIpc) is 3.79. The molecule has 0 spiro atoms. The summed E-state index contributed by atoms with van der Waals surface area (Å²) in [6.07, 6.45) is 0. The van der Waals surface area contributed by atoms with Crippen molar-refractivity contribution in [3.63, 3.8) is 0 Å². The number of rotatable bonds is 4. The number of hydrogen-bond acceptors (Lipinski definition) is 0. The molecule has 12 rings (SSSR count). The highest BCUT2D eigenvalue weighted by Gasteiger charge is 2.17. The average molecular weight is 711 g/mol. The van der Waals surface area contributed by atoms with E-state index in [0.29, 0.717) is 0 Å². The minimum Gasteiger partial charge on any atom is -0.309 e. The Balaban J connectivity index is 1.00. The molecule has 0 atom stereocenters. The molecule has 0 saturated carbocycles. The molecule has 0 bridgehead atoms. The van der Waals surface area contributed by atoms with E-state index >= 15 is 0 Å². The second kappa shape index (κ2) is 12.0. The summed E-state index contributed by atoms with van der Waals surface area (Å²) in [6, 6.07) is 75.7. The predicted octanol–water partition coefficient (Wildman–Crippen LogP) is 14.7. The lowest BCUT2D eigenvalue weighted by molar-refractivity contribution is 1.18. The molecule has 0 N–H and O–H groups in total. The zero-order valence-corrected chi connectivity index (χ0v) is 30.5. The van der Waals surface area contributed by atoms with Crippen molar-refractivity contribution in [3.05, 3.63) is 206 Å². The van der Waals surface area contributed by atoms with Crippen molar-refractivity contribution in [1.29, 1.82) is 0 Å². The van der Waals surface area contributed by atoms with E-state index < -0.39 is 0 Å². The highest BCUT2D eigenvalue weighted by Crippen LogP contribution is 2.40. The molecular weight excluding hydrogens is 677 g/mol. The summed E-state index contributed by atoms with van der Waals surface area (Å²) in [7, 11) is 0. The Morgan fingerprint density at radius 3 is 1.14 bits per heavy atom. The SMILES string of the molecule is c1ccc(-n2c3ccccc3c3cc(-c4ccc5c(c4)c4ccccc4n5-c4cccc(-c5ccc6c7ccccc7c7ccccc7c6c5)c4)ccc32)cc1. The molecular formula is C54H34N2. The van der Waals surface area contributed by atoms with E-state index in [-0.39, 0.29) is 0 Å². The van der Waals surface area contributed by atoms with Crippen LogP contribution in [-0.4, -0.2) is 9.13 Å². The molecule has 0 amide bonds. The third-order valence-electron chi connectivity index (χ3n) is 11.9. The van der Waals surface area contributed by atoms with E-state index in [1.54, 1.807) is 0 Å². The summed E-state index contributed by atoms with van der Waals surface area (Å²) in [4.78, 5) is 0. The van der Waals surface area contributed by atoms with Crippen LogP contribution in [-0.2, 0) is 0 Å². The van der Waals surface area contributed by atoms with Crippen LogP contribution < -0.4 is 0 Å². The van der Waals surface area contributed by atoms with Crippen LogP contribution >= 0.6 is 0 Å². The first-order valence-electron chi connectivity index (χ1n) is 19.3. The van der Waals surface area contributed by atoms with Crippen LogP contribution in [0.1, 0.15) is 0 Å². The van der Waals surface area contributed by atoms with Crippen LogP contribution in [0.2, 0.25) is 0 Å². The summed E-state index contributed by atoms with van der Waals surface area (Å²) in [6.45, 7) is 0. The van der Waals surface area contributed by atoms with Crippen LogP contribution in [0.4, 0.5) is 0 Å². The Morgan fingerprint density at radius 1 is 0.196 bits per heavy atom. The molecule has 2 heterocycles. The van der Waals surface area contributed by atoms with Crippen molar-refractivity contribution in [1.82, 2.24) is 9.13 Å². The van der Waals surface area contributed by atoms with E-state index in [1.807, 2.05) is 0 Å². The molecule has 0 radical (unpaired) electrons. The molecule has 0 fully saturated rings. The van der Waals surface area contributed by atoms with Gasteiger partial charge in [0.25, 0.3) is 0 Å². The fourth-order valence-electron chi connectivity index (χ4n) is 9.35. The number of nitrogens with zero attached hydrogens (tertiary/aromatic N) is 2. The lowest BCUT2D eigenvalue weighted by Crippen LogP contribution is -1.94. The van der Waals surface area contributed by atoms with Gasteiger partial charge in [-0.1, -0.05) is 140 Å². The molecule has 0 aliphatic rings. The molecule has 0 unspecified atom stereocenters. The summed E-state index contributed by atoms with van der Waals surface area (Å²) in [5.41, 5.74) is 12.0. The van der Waals surface area contributed by atoms with Gasteiger partial charge in [0, 0.05) is 32.9 Å². The summed E-state index contributed by atoms with van der Waals surface area (Å²) in [5, 5.41) is 12.8. The van der Waals surface area contributed by atoms with Crippen LogP contribution in [0.15, 0.2) is 206 Å². The van der Waals surface area contributed by atoms with E-state index in [2.05, 4.69) is 215 Å². The van der Waals surface area contributed by atoms with Gasteiger partial charge in [0.1, 0.15) is 0 Å². The predicted molar refractivity (Wildman–Crippen MR) is 239 cm³/mol. The van der Waals surface area contributed by atoms with E-state index in [0.717, 1.165) is 5.69 Å². The molecule has 56 heavy (non-hydrogen) atoms. The maximum Gasteiger partial charge on any atom is 0.0541 e. The Bertz CT molecular complexity index is 3490. The fourth-order valence-corrected chi connectivity index (χ4v) is 9.35. The van der Waals surface area contributed by atoms with E-state index in [4.69, 9.17) is 0 Å². The first-order valence-corrected chi connectivity index (χ1v) is 19.3. The van der Waals surface area contributed by atoms with Gasteiger partial charge in [0.2, 0.25) is 0 Å².